The smallest absolute Gasteiger partial charge is 0.306 e. The minimum absolute atomic E-state index is 0.0170. The Kier molecular flexibility index (Phi) is 48.6. The number of carbonyl (C=O) groups is 6. The number of rotatable bonds is 58. The fourth-order valence-electron chi connectivity index (χ4n) is 11.6. The van der Waals surface area contributed by atoms with E-state index in [1.54, 1.807) is 4.68 Å². The summed E-state index contributed by atoms with van der Waals surface area (Å²) < 4.78 is 47.9. The van der Waals surface area contributed by atoms with Crippen molar-refractivity contribution in [2.75, 3.05) is 32.8 Å². The van der Waals surface area contributed by atoms with Gasteiger partial charge in [-0.1, -0.05) is 200 Å². The lowest BCUT2D eigenvalue weighted by molar-refractivity contribution is -0.308. The first-order valence-electron chi connectivity index (χ1n) is 35.6. The number of hydrogen-bond donors (Lipinski definition) is 0. The summed E-state index contributed by atoms with van der Waals surface area (Å²) in [7, 11) is 0. The van der Waals surface area contributed by atoms with Gasteiger partial charge in [-0.15, -0.1) is 5.10 Å². The van der Waals surface area contributed by atoms with E-state index in [2.05, 4.69) is 42.9 Å². The Balaban J connectivity index is 2.02. The molecule has 0 aliphatic carbocycles. The molecule has 0 amide bonds. The van der Waals surface area contributed by atoms with Crippen LogP contribution in [0.5, 0.6) is 0 Å². The van der Waals surface area contributed by atoms with Crippen LogP contribution in [-0.2, 0) is 79.6 Å². The average molecular weight is 1250 g/mol. The maximum Gasteiger partial charge on any atom is 0.306 e. The molecule has 1 aromatic heterocycles. The van der Waals surface area contributed by atoms with Gasteiger partial charge in [-0.3, -0.25) is 28.8 Å². The van der Waals surface area contributed by atoms with E-state index in [4.69, 9.17) is 37.9 Å². The molecule has 0 unspecified atom stereocenters. The molecule has 88 heavy (non-hydrogen) atoms. The SMILES string of the molecule is CCCCCCCCC(CCCCCCCC)OC(=O)CCCCCCCN(CCCCCCCC(=O)OC(CCCCCCCC)CCCCCCCC)CCc1cn(CCO[C@H]2O[C@H](COC(C)=O)[C@@H](OC(C)=O)[C@H](OC(C)=O)[C@@H]2OC(C)=O)nn1. The standard InChI is InChI=1S/C70H126N4O14/c1-9-13-17-21-27-35-43-62(44-36-28-22-18-14-10-2)86-65(79)47-39-31-25-33-41-50-73(51-42-34-26-32-40-48-66(80)87-63(45-37-29-23-19-15-11-3)46-38-30-24-20-16-12-4)52-49-61-55-74(72-71-61)53-54-81-70-69(85-60(8)78)68(84-59(7)77)67(83-58(6)76)64(88-70)56-82-57(5)75/h55,62-64,67-70H,9-54,56H2,1-8H3/t64-,67-,68+,69+,70+/m1/s1. The molecule has 2 heterocycles. The van der Waals surface area contributed by atoms with Gasteiger partial charge in [0.25, 0.3) is 0 Å². The minimum atomic E-state index is -1.33. The lowest BCUT2D eigenvalue weighted by atomic mass is 9.98. The van der Waals surface area contributed by atoms with Crippen LogP contribution in [0.1, 0.15) is 318 Å². The molecule has 5 atom stereocenters. The van der Waals surface area contributed by atoms with E-state index < -0.39 is 54.6 Å². The van der Waals surface area contributed by atoms with E-state index in [9.17, 15) is 28.8 Å². The molecule has 1 saturated heterocycles. The molecular formula is C70H126N4O14. The van der Waals surface area contributed by atoms with Gasteiger partial charge in [-0.2, -0.15) is 0 Å². The average Bonchev–Trinajstić information content (AvgIpc) is 1.70. The zero-order valence-electron chi connectivity index (χ0n) is 56.9. The van der Waals surface area contributed by atoms with Gasteiger partial charge in [0.15, 0.2) is 24.6 Å². The van der Waals surface area contributed by atoms with Gasteiger partial charge in [0.1, 0.15) is 24.9 Å². The van der Waals surface area contributed by atoms with Crippen molar-refractivity contribution >= 4 is 35.8 Å². The molecule has 510 valence electrons. The summed E-state index contributed by atoms with van der Waals surface area (Å²) >= 11 is 0. The minimum Gasteiger partial charge on any atom is -0.463 e. The number of esters is 6. The molecule has 0 bridgehead atoms. The van der Waals surface area contributed by atoms with Crippen LogP contribution in [0, 0.1) is 0 Å². The van der Waals surface area contributed by atoms with Crippen molar-refractivity contribution in [3.63, 3.8) is 0 Å². The maximum absolute atomic E-state index is 13.1. The molecule has 1 fully saturated rings. The molecule has 1 aliphatic rings. The third kappa shape index (κ3) is 42.0. The summed E-state index contributed by atoms with van der Waals surface area (Å²) in [5.41, 5.74) is 0.818. The van der Waals surface area contributed by atoms with Gasteiger partial charge >= 0.3 is 35.8 Å². The number of aromatic nitrogens is 3. The van der Waals surface area contributed by atoms with Crippen molar-refractivity contribution in [3.05, 3.63) is 11.9 Å². The van der Waals surface area contributed by atoms with Crippen molar-refractivity contribution in [2.24, 2.45) is 0 Å². The Morgan fingerprint density at radius 2 is 0.864 bits per heavy atom. The third-order valence-corrected chi connectivity index (χ3v) is 16.6. The Bertz CT molecular complexity index is 1840. The van der Waals surface area contributed by atoms with Gasteiger partial charge in [0.2, 0.25) is 0 Å². The highest BCUT2D eigenvalue weighted by molar-refractivity contribution is 5.70. The number of hydrogen-bond acceptors (Lipinski definition) is 17. The van der Waals surface area contributed by atoms with Crippen molar-refractivity contribution < 1.29 is 66.7 Å². The lowest BCUT2D eigenvalue weighted by Gasteiger charge is -2.44. The molecule has 0 spiro atoms. The predicted molar refractivity (Wildman–Crippen MR) is 345 cm³/mol. The summed E-state index contributed by atoms with van der Waals surface area (Å²) in [4.78, 5) is 77.3. The molecule has 18 nitrogen and oxygen atoms in total. The Labute approximate surface area is 533 Å². The highest BCUT2D eigenvalue weighted by Crippen LogP contribution is 2.30. The molecule has 0 saturated carbocycles. The maximum atomic E-state index is 13.1. The van der Waals surface area contributed by atoms with Crippen molar-refractivity contribution in [2.45, 2.75) is 368 Å². The number of ether oxygens (including phenoxy) is 8. The summed E-state index contributed by atoms with van der Waals surface area (Å²) in [6.45, 7) is 16.3. The molecule has 1 aliphatic heterocycles. The normalized spacial score (nSPS) is 16.7. The predicted octanol–water partition coefficient (Wildman–Crippen LogP) is 15.7. The van der Waals surface area contributed by atoms with Crippen molar-refractivity contribution in [3.8, 4) is 0 Å². The van der Waals surface area contributed by atoms with Crippen LogP contribution in [0.25, 0.3) is 0 Å². The van der Waals surface area contributed by atoms with Crippen LogP contribution < -0.4 is 0 Å². The summed E-state index contributed by atoms with van der Waals surface area (Å²) in [6.07, 6.45) is 41.1. The summed E-state index contributed by atoms with van der Waals surface area (Å²) in [5, 5.41) is 8.84. The zero-order chi connectivity index (χ0) is 64.2. The second kappa shape index (κ2) is 53.5. The number of nitrogens with zero attached hydrogens (tertiary/aromatic N) is 4. The second-order valence-corrected chi connectivity index (χ2v) is 25.0. The highest BCUT2D eigenvalue weighted by Gasteiger charge is 2.52. The highest BCUT2D eigenvalue weighted by atomic mass is 16.7. The van der Waals surface area contributed by atoms with E-state index in [0.29, 0.717) is 19.3 Å². The van der Waals surface area contributed by atoms with Crippen LogP contribution in [0.15, 0.2) is 6.20 Å². The fourth-order valence-corrected chi connectivity index (χ4v) is 11.6. The van der Waals surface area contributed by atoms with Crippen LogP contribution in [-0.4, -0.2) is 131 Å². The van der Waals surface area contributed by atoms with Gasteiger partial charge < -0.3 is 42.8 Å². The van der Waals surface area contributed by atoms with Crippen molar-refractivity contribution in [1.29, 1.82) is 0 Å². The van der Waals surface area contributed by atoms with E-state index >= 15 is 0 Å². The number of unbranched alkanes of at least 4 members (excludes halogenated alkanes) is 28. The first kappa shape index (κ1) is 79.9. The van der Waals surface area contributed by atoms with Crippen LogP contribution in [0.4, 0.5) is 0 Å². The number of carbonyl (C=O) groups excluding carboxylic acids is 6. The molecule has 0 N–H and O–H groups in total. The lowest BCUT2D eigenvalue weighted by Crippen LogP contribution is -2.63. The van der Waals surface area contributed by atoms with E-state index in [0.717, 1.165) is 141 Å². The first-order valence-corrected chi connectivity index (χ1v) is 35.6. The van der Waals surface area contributed by atoms with E-state index in [1.165, 1.54) is 156 Å². The summed E-state index contributed by atoms with van der Waals surface area (Å²) in [6, 6.07) is 0. The molecule has 2 rings (SSSR count). The molecule has 18 heteroatoms. The van der Waals surface area contributed by atoms with Crippen LogP contribution in [0.3, 0.4) is 0 Å². The quantitative estimate of drug-likeness (QED) is 0.0337. The Hall–Kier alpha value is -4.16. The van der Waals surface area contributed by atoms with Gasteiger partial charge in [0.05, 0.1) is 18.8 Å². The van der Waals surface area contributed by atoms with Crippen LogP contribution in [0.2, 0.25) is 0 Å². The molecular weight excluding hydrogens is 1120 g/mol. The van der Waals surface area contributed by atoms with Crippen molar-refractivity contribution in [1.82, 2.24) is 19.9 Å². The second-order valence-electron chi connectivity index (χ2n) is 25.0. The summed E-state index contributed by atoms with van der Waals surface area (Å²) in [5.74, 6) is -2.83. The zero-order valence-corrected chi connectivity index (χ0v) is 56.9. The van der Waals surface area contributed by atoms with Crippen LogP contribution >= 0.6 is 0 Å². The third-order valence-electron chi connectivity index (χ3n) is 16.6. The first-order chi connectivity index (χ1) is 42.7. The fraction of sp³-hybridized carbons (Fsp3) is 0.886. The topological polar surface area (TPSA) is 210 Å². The van der Waals surface area contributed by atoms with E-state index in [-0.39, 0.29) is 43.9 Å². The largest absolute Gasteiger partial charge is 0.463 e. The monoisotopic (exact) mass is 1250 g/mol. The molecule has 1 aromatic rings. The van der Waals surface area contributed by atoms with E-state index in [1.807, 2.05) is 6.20 Å². The van der Waals surface area contributed by atoms with Gasteiger partial charge in [-0.25, -0.2) is 4.68 Å². The van der Waals surface area contributed by atoms with Gasteiger partial charge in [0, 0.05) is 59.7 Å². The molecule has 0 radical (unpaired) electrons. The Morgan fingerprint density at radius 1 is 0.477 bits per heavy atom. The Morgan fingerprint density at radius 3 is 1.28 bits per heavy atom. The van der Waals surface area contributed by atoms with Gasteiger partial charge in [-0.05, 0) is 90.1 Å². The molecule has 0 aromatic carbocycles.